The number of pyridine rings is 1. The van der Waals surface area contributed by atoms with Crippen LogP contribution in [-0.4, -0.2) is 30.6 Å². The zero-order chi connectivity index (χ0) is 12.7. The van der Waals surface area contributed by atoms with Crippen molar-refractivity contribution in [2.45, 2.75) is 20.3 Å². The van der Waals surface area contributed by atoms with Crippen molar-refractivity contribution in [2.75, 3.05) is 25.5 Å². The van der Waals surface area contributed by atoms with E-state index in [0.29, 0.717) is 31.1 Å². The van der Waals surface area contributed by atoms with Gasteiger partial charge in [-0.3, -0.25) is 4.79 Å². The van der Waals surface area contributed by atoms with Gasteiger partial charge in [0, 0.05) is 31.0 Å². The summed E-state index contributed by atoms with van der Waals surface area (Å²) in [5.74, 6) is 0.239. The van der Waals surface area contributed by atoms with Crippen LogP contribution in [0.4, 0.5) is 5.82 Å². The SMILES string of the molecule is CCOCCCNC(=O)c1cc(C)nc(N)c1. The minimum atomic E-state index is -0.126. The third-order valence-electron chi connectivity index (χ3n) is 2.19. The van der Waals surface area contributed by atoms with Crippen molar-refractivity contribution >= 4 is 11.7 Å². The quantitative estimate of drug-likeness (QED) is 0.727. The molecule has 0 atom stereocenters. The molecule has 1 rings (SSSR count). The van der Waals surface area contributed by atoms with Gasteiger partial charge in [0.25, 0.3) is 5.91 Å². The summed E-state index contributed by atoms with van der Waals surface area (Å²) >= 11 is 0. The topological polar surface area (TPSA) is 77.2 Å². The van der Waals surface area contributed by atoms with Crippen LogP contribution >= 0.6 is 0 Å². The molecule has 0 aliphatic rings. The van der Waals surface area contributed by atoms with E-state index in [1.54, 1.807) is 12.1 Å². The molecule has 5 heteroatoms. The zero-order valence-electron chi connectivity index (χ0n) is 10.3. The summed E-state index contributed by atoms with van der Waals surface area (Å²) < 4.78 is 5.18. The first-order chi connectivity index (χ1) is 8.13. The van der Waals surface area contributed by atoms with Crippen LogP contribution in [0.3, 0.4) is 0 Å². The molecule has 1 amide bonds. The molecule has 0 bridgehead atoms. The van der Waals surface area contributed by atoms with Gasteiger partial charge in [-0.1, -0.05) is 0 Å². The summed E-state index contributed by atoms with van der Waals surface area (Å²) in [6, 6.07) is 3.29. The van der Waals surface area contributed by atoms with E-state index >= 15 is 0 Å². The predicted octanol–water partition coefficient (Wildman–Crippen LogP) is 1.13. The Hall–Kier alpha value is -1.62. The molecule has 0 radical (unpaired) electrons. The molecular formula is C12H19N3O2. The van der Waals surface area contributed by atoms with Gasteiger partial charge in [-0.2, -0.15) is 0 Å². The highest BCUT2D eigenvalue weighted by molar-refractivity contribution is 5.94. The van der Waals surface area contributed by atoms with Gasteiger partial charge in [-0.15, -0.1) is 0 Å². The van der Waals surface area contributed by atoms with Gasteiger partial charge in [-0.05, 0) is 32.4 Å². The summed E-state index contributed by atoms with van der Waals surface area (Å²) in [6.07, 6.45) is 0.805. The van der Waals surface area contributed by atoms with E-state index in [9.17, 15) is 4.79 Å². The molecule has 0 saturated heterocycles. The van der Waals surface area contributed by atoms with Crippen LogP contribution in [0.25, 0.3) is 0 Å². The number of rotatable bonds is 6. The molecule has 1 aromatic heterocycles. The number of carbonyl (C=O) groups excluding carboxylic acids is 1. The monoisotopic (exact) mass is 237 g/mol. The Morgan fingerprint density at radius 3 is 2.94 bits per heavy atom. The van der Waals surface area contributed by atoms with Crippen LogP contribution in [0, 0.1) is 6.92 Å². The van der Waals surface area contributed by atoms with E-state index in [1.807, 2.05) is 13.8 Å². The normalized spacial score (nSPS) is 10.2. The number of nitrogens with two attached hydrogens (primary N) is 1. The molecule has 0 aliphatic heterocycles. The Balaban J connectivity index is 2.41. The molecule has 5 nitrogen and oxygen atoms in total. The number of nitrogens with one attached hydrogen (secondary N) is 1. The van der Waals surface area contributed by atoms with Crippen LogP contribution < -0.4 is 11.1 Å². The fourth-order valence-corrected chi connectivity index (χ4v) is 1.45. The van der Waals surface area contributed by atoms with Crippen molar-refractivity contribution < 1.29 is 9.53 Å². The second kappa shape index (κ2) is 6.85. The molecule has 1 aromatic rings. The number of amides is 1. The van der Waals surface area contributed by atoms with Crippen molar-refractivity contribution in [3.63, 3.8) is 0 Å². The number of nitrogens with zero attached hydrogens (tertiary/aromatic N) is 1. The van der Waals surface area contributed by atoms with Crippen LogP contribution in [0.2, 0.25) is 0 Å². The highest BCUT2D eigenvalue weighted by Gasteiger charge is 2.06. The van der Waals surface area contributed by atoms with Crippen molar-refractivity contribution in [3.05, 3.63) is 23.4 Å². The van der Waals surface area contributed by atoms with Crippen molar-refractivity contribution in [2.24, 2.45) is 0 Å². The fourth-order valence-electron chi connectivity index (χ4n) is 1.45. The average molecular weight is 237 g/mol. The third-order valence-corrected chi connectivity index (χ3v) is 2.19. The van der Waals surface area contributed by atoms with Crippen LogP contribution in [0.5, 0.6) is 0 Å². The first-order valence-corrected chi connectivity index (χ1v) is 5.73. The first-order valence-electron chi connectivity index (χ1n) is 5.73. The molecule has 0 spiro atoms. The van der Waals surface area contributed by atoms with E-state index in [1.165, 1.54) is 0 Å². The van der Waals surface area contributed by atoms with Gasteiger partial charge >= 0.3 is 0 Å². The Morgan fingerprint density at radius 1 is 1.53 bits per heavy atom. The zero-order valence-corrected chi connectivity index (χ0v) is 10.3. The minimum absolute atomic E-state index is 0.126. The molecule has 0 aromatic carbocycles. The number of anilines is 1. The second-order valence-corrected chi connectivity index (χ2v) is 3.73. The smallest absolute Gasteiger partial charge is 0.251 e. The maximum Gasteiger partial charge on any atom is 0.251 e. The highest BCUT2D eigenvalue weighted by Crippen LogP contribution is 2.06. The fraction of sp³-hybridized carbons (Fsp3) is 0.500. The third kappa shape index (κ3) is 4.82. The van der Waals surface area contributed by atoms with E-state index < -0.39 is 0 Å². The summed E-state index contributed by atoms with van der Waals surface area (Å²) in [5.41, 5.74) is 6.87. The molecule has 94 valence electrons. The lowest BCUT2D eigenvalue weighted by molar-refractivity contribution is 0.0944. The van der Waals surface area contributed by atoms with Gasteiger partial charge in [-0.25, -0.2) is 4.98 Å². The second-order valence-electron chi connectivity index (χ2n) is 3.73. The molecule has 17 heavy (non-hydrogen) atoms. The van der Waals surface area contributed by atoms with Gasteiger partial charge in [0.2, 0.25) is 0 Å². The van der Waals surface area contributed by atoms with E-state index in [2.05, 4.69) is 10.3 Å². The lowest BCUT2D eigenvalue weighted by atomic mass is 10.2. The summed E-state index contributed by atoms with van der Waals surface area (Å²) in [4.78, 5) is 15.8. The Morgan fingerprint density at radius 2 is 2.29 bits per heavy atom. The molecule has 0 unspecified atom stereocenters. The molecular weight excluding hydrogens is 218 g/mol. The van der Waals surface area contributed by atoms with Crippen molar-refractivity contribution in [3.8, 4) is 0 Å². The maximum absolute atomic E-state index is 11.7. The van der Waals surface area contributed by atoms with Crippen molar-refractivity contribution in [1.29, 1.82) is 0 Å². The van der Waals surface area contributed by atoms with E-state index in [4.69, 9.17) is 10.5 Å². The lowest BCUT2D eigenvalue weighted by Gasteiger charge is -2.06. The largest absolute Gasteiger partial charge is 0.384 e. The van der Waals surface area contributed by atoms with Crippen LogP contribution in [0.1, 0.15) is 29.4 Å². The average Bonchev–Trinajstić information content (AvgIpc) is 2.27. The van der Waals surface area contributed by atoms with Gasteiger partial charge in [0.15, 0.2) is 0 Å². The van der Waals surface area contributed by atoms with Crippen LogP contribution in [0.15, 0.2) is 12.1 Å². The Kier molecular flexibility index (Phi) is 5.42. The number of carbonyl (C=O) groups is 1. The van der Waals surface area contributed by atoms with Gasteiger partial charge < -0.3 is 15.8 Å². The highest BCUT2D eigenvalue weighted by atomic mass is 16.5. The number of ether oxygens (including phenoxy) is 1. The summed E-state index contributed by atoms with van der Waals surface area (Å²) in [5, 5.41) is 2.81. The van der Waals surface area contributed by atoms with Gasteiger partial charge in [0.1, 0.15) is 5.82 Å². The molecule has 0 fully saturated rings. The molecule has 1 heterocycles. The van der Waals surface area contributed by atoms with Crippen LogP contribution in [-0.2, 0) is 4.74 Å². The number of hydrogen-bond donors (Lipinski definition) is 2. The van der Waals surface area contributed by atoms with E-state index in [-0.39, 0.29) is 5.91 Å². The lowest BCUT2D eigenvalue weighted by Crippen LogP contribution is -2.25. The Bertz CT molecular complexity index is 360. The Labute approximate surface area is 101 Å². The number of aromatic nitrogens is 1. The minimum Gasteiger partial charge on any atom is -0.384 e. The molecule has 0 saturated carbocycles. The first kappa shape index (κ1) is 13.4. The van der Waals surface area contributed by atoms with E-state index in [0.717, 1.165) is 12.1 Å². The standard InChI is InChI=1S/C12H19N3O2/c1-3-17-6-4-5-14-12(16)10-7-9(2)15-11(13)8-10/h7-8H,3-6H2,1-2H3,(H2,13,15)(H,14,16). The van der Waals surface area contributed by atoms with Crippen molar-refractivity contribution in [1.82, 2.24) is 10.3 Å². The summed E-state index contributed by atoms with van der Waals surface area (Å²) in [7, 11) is 0. The van der Waals surface area contributed by atoms with Gasteiger partial charge in [0.05, 0.1) is 0 Å². The number of nitrogen functional groups attached to an aromatic ring is 1. The maximum atomic E-state index is 11.7. The predicted molar refractivity (Wildman–Crippen MR) is 66.8 cm³/mol. The number of hydrogen-bond acceptors (Lipinski definition) is 4. The number of aryl methyl sites for hydroxylation is 1. The molecule has 0 aliphatic carbocycles. The molecule has 3 N–H and O–H groups in total. The summed E-state index contributed by atoms with van der Waals surface area (Å²) in [6.45, 7) is 5.71.